The van der Waals surface area contributed by atoms with E-state index in [4.69, 9.17) is 0 Å². The summed E-state index contributed by atoms with van der Waals surface area (Å²) in [5.41, 5.74) is 1.02. The molecular weight excluding hydrogens is 221 g/mol. The van der Waals surface area contributed by atoms with Crippen LogP contribution < -0.4 is 5.69 Å². The Hall–Kier alpha value is -2.43. The van der Waals surface area contributed by atoms with E-state index in [1.807, 2.05) is 0 Å². The molecule has 0 saturated heterocycles. The SMILES string of the molecule is O=c1[nH]c2c(F)cccc2n1-c1ccncc1. The van der Waals surface area contributed by atoms with Gasteiger partial charge in [0.25, 0.3) is 0 Å². The Balaban J connectivity index is 2.42. The number of fused-ring (bicyclic) bond motifs is 1. The van der Waals surface area contributed by atoms with Gasteiger partial charge in [-0.25, -0.2) is 9.18 Å². The highest BCUT2D eigenvalue weighted by Crippen LogP contribution is 2.17. The van der Waals surface area contributed by atoms with Crippen molar-refractivity contribution in [2.45, 2.75) is 0 Å². The van der Waals surface area contributed by atoms with Crippen molar-refractivity contribution in [1.29, 1.82) is 0 Å². The summed E-state index contributed by atoms with van der Waals surface area (Å²) in [6, 6.07) is 7.97. The third-order valence-electron chi connectivity index (χ3n) is 2.59. The first-order chi connectivity index (χ1) is 8.27. The number of hydrogen-bond acceptors (Lipinski definition) is 2. The zero-order valence-electron chi connectivity index (χ0n) is 8.72. The summed E-state index contributed by atoms with van der Waals surface area (Å²) in [7, 11) is 0. The van der Waals surface area contributed by atoms with E-state index in [0.29, 0.717) is 11.2 Å². The maximum absolute atomic E-state index is 13.5. The molecule has 4 nitrogen and oxygen atoms in total. The van der Waals surface area contributed by atoms with E-state index in [-0.39, 0.29) is 11.2 Å². The van der Waals surface area contributed by atoms with Crippen LogP contribution in [0.1, 0.15) is 0 Å². The van der Waals surface area contributed by atoms with Crippen molar-refractivity contribution in [1.82, 2.24) is 14.5 Å². The molecule has 0 bridgehead atoms. The highest BCUT2D eigenvalue weighted by atomic mass is 19.1. The lowest BCUT2D eigenvalue weighted by Gasteiger charge is -2.01. The van der Waals surface area contributed by atoms with Gasteiger partial charge in [0.15, 0.2) is 0 Å². The minimum absolute atomic E-state index is 0.217. The lowest BCUT2D eigenvalue weighted by atomic mass is 10.3. The lowest BCUT2D eigenvalue weighted by Crippen LogP contribution is -2.14. The van der Waals surface area contributed by atoms with Gasteiger partial charge in [0.05, 0.1) is 11.2 Å². The molecule has 1 N–H and O–H groups in total. The first-order valence-corrected chi connectivity index (χ1v) is 5.07. The number of nitrogens with one attached hydrogen (secondary N) is 1. The van der Waals surface area contributed by atoms with Crippen LogP contribution in [0.25, 0.3) is 16.7 Å². The van der Waals surface area contributed by atoms with Gasteiger partial charge in [-0.3, -0.25) is 9.55 Å². The van der Waals surface area contributed by atoms with Crippen molar-refractivity contribution < 1.29 is 4.39 Å². The fourth-order valence-electron chi connectivity index (χ4n) is 1.84. The Kier molecular flexibility index (Phi) is 2.04. The Bertz CT molecular complexity index is 730. The molecule has 0 radical (unpaired) electrons. The first kappa shape index (κ1) is 9.77. The van der Waals surface area contributed by atoms with Gasteiger partial charge >= 0.3 is 5.69 Å². The molecule has 0 atom stereocenters. The number of H-pyrrole nitrogens is 1. The predicted octanol–water partition coefficient (Wildman–Crippen LogP) is 1.85. The first-order valence-electron chi connectivity index (χ1n) is 5.07. The topological polar surface area (TPSA) is 50.7 Å². The summed E-state index contributed by atoms with van der Waals surface area (Å²) in [6.07, 6.45) is 3.17. The molecule has 3 rings (SSSR count). The molecular formula is C12H8FN3O. The third-order valence-corrected chi connectivity index (χ3v) is 2.59. The predicted molar refractivity (Wildman–Crippen MR) is 61.6 cm³/mol. The standard InChI is InChI=1S/C12H8FN3O/c13-9-2-1-3-10-11(9)15-12(17)16(10)8-4-6-14-7-5-8/h1-7H,(H,15,17). The van der Waals surface area contributed by atoms with Gasteiger partial charge in [-0.2, -0.15) is 0 Å². The normalized spacial score (nSPS) is 10.9. The Labute approximate surface area is 95.4 Å². The minimum Gasteiger partial charge on any atom is -0.303 e. The number of hydrogen-bond donors (Lipinski definition) is 1. The zero-order valence-corrected chi connectivity index (χ0v) is 8.72. The van der Waals surface area contributed by atoms with Crippen LogP contribution in [0.3, 0.4) is 0 Å². The summed E-state index contributed by atoms with van der Waals surface area (Å²) in [5.74, 6) is -0.438. The maximum atomic E-state index is 13.5. The molecule has 2 heterocycles. The third kappa shape index (κ3) is 1.44. The van der Waals surface area contributed by atoms with Gasteiger partial charge < -0.3 is 4.98 Å². The number of nitrogens with zero attached hydrogens (tertiary/aromatic N) is 2. The number of pyridine rings is 1. The lowest BCUT2D eigenvalue weighted by molar-refractivity contribution is 0.637. The van der Waals surface area contributed by atoms with Crippen LogP contribution in [0.2, 0.25) is 0 Å². The summed E-state index contributed by atoms with van der Waals surface area (Å²) in [4.78, 5) is 18.2. The minimum atomic E-state index is -0.438. The van der Waals surface area contributed by atoms with Crippen molar-refractivity contribution in [3.05, 3.63) is 59.0 Å². The number of imidazole rings is 1. The highest BCUT2D eigenvalue weighted by molar-refractivity contribution is 5.77. The molecule has 0 amide bonds. The van der Waals surface area contributed by atoms with E-state index in [2.05, 4.69) is 9.97 Å². The van der Waals surface area contributed by atoms with E-state index >= 15 is 0 Å². The van der Waals surface area contributed by atoms with Crippen molar-refractivity contribution >= 4 is 11.0 Å². The Morgan fingerprint density at radius 2 is 1.94 bits per heavy atom. The summed E-state index contributed by atoms with van der Waals surface area (Å²) < 4.78 is 14.9. The Morgan fingerprint density at radius 3 is 2.71 bits per heavy atom. The quantitative estimate of drug-likeness (QED) is 0.692. The molecule has 0 unspecified atom stereocenters. The summed E-state index contributed by atoms with van der Waals surface area (Å²) in [6.45, 7) is 0. The molecule has 0 saturated carbocycles. The van der Waals surface area contributed by atoms with Crippen molar-refractivity contribution in [2.24, 2.45) is 0 Å². The number of aromatic nitrogens is 3. The van der Waals surface area contributed by atoms with Crippen LogP contribution in [0.4, 0.5) is 4.39 Å². The van der Waals surface area contributed by atoms with Crippen LogP contribution in [-0.4, -0.2) is 14.5 Å². The van der Waals surface area contributed by atoms with Crippen LogP contribution in [-0.2, 0) is 0 Å². The van der Waals surface area contributed by atoms with Gasteiger partial charge in [0, 0.05) is 12.4 Å². The zero-order chi connectivity index (χ0) is 11.8. The van der Waals surface area contributed by atoms with Crippen LogP contribution >= 0.6 is 0 Å². The average molecular weight is 229 g/mol. The fourth-order valence-corrected chi connectivity index (χ4v) is 1.84. The maximum Gasteiger partial charge on any atom is 0.331 e. The monoisotopic (exact) mass is 229 g/mol. The van der Waals surface area contributed by atoms with Crippen LogP contribution in [0, 0.1) is 5.82 Å². The Morgan fingerprint density at radius 1 is 1.18 bits per heavy atom. The molecule has 5 heteroatoms. The van der Waals surface area contributed by atoms with E-state index in [9.17, 15) is 9.18 Å². The number of rotatable bonds is 1. The van der Waals surface area contributed by atoms with Crippen LogP contribution in [0.5, 0.6) is 0 Å². The second-order valence-corrected chi connectivity index (χ2v) is 3.60. The van der Waals surface area contributed by atoms with Gasteiger partial charge in [0.1, 0.15) is 11.3 Å². The van der Waals surface area contributed by atoms with Crippen molar-refractivity contribution in [2.75, 3.05) is 0 Å². The van der Waals surface area contributed by atoms with Gasteiger partial charge in [-0.05, 0) is 24.3 Å². The van der Waals surface area contributed by atoms with Crippen molar-refractivity contribution in [3.63, 3.8) is 0 Å². The molecule has 3 aromatic rings. The van der Waals surface area contributed by atoms with E-state index < -0.39 is 5.82 Å². The van der Waals surface area contributed by atoms with E-state index in [0.717, 1.165) is 0 Å². The number of para-hydroxylation sites is 1. The smallest absolute Gasteiger partial charge is 0.303 e. The number of halogens is 1. The molecule has 0 fully saturated rings. The van der Waals surface area contributed by atoms with Gasteiger partial charge in [0.2, 0.25) is 0 Å². The fraction of sp³-hybridized carbons (Fsp3) is 0. The second-order valence-electron chi connectivity index (χ2n) is 3.60. The van der Waals surface area contributed by atoms with Gasteiger partial charge in [-0.1, -0.05) is 6.07 Å². The molecule has 0 spiro atoms. The summed E-state index contributed by atoms with van der Waals surface area (Å²) in [5, 5.41) is 0. The molecule has 1 aromatic carbocycles. The number of benzene rings is 1. The molecule has 0 aliphatic heterocycles. The largest absolute Gasteiger partial charge is 0.331 e. The second kappa shape index (κ2) is 3.55. The van der Waals surface area contributed by atoms with Crippen molar-refractivity contribution in [3.8, 4) is 5.69 Å². The average Bonchev–Trinajstić information content (AvgIpc) is 2.68. The van der Waals surface area contributed by atoms with Gasteiger partial charge in [-0.15, -0.1) is 0 Å². The molecule has 2 aromatic heterocycles. The molecule has 0 aliphatic carbocycles. The number of aromatic amines is 1. The van der Waals surface area contributed by atoms with E-state index in [1.165, 1.54) is 10.6 Å². The van der Waals surface area contributed by atoms with E-state index in [1.54, 1.807) is 36.7 Å². The molecule has 0 aliphatic rings. The van der Waals surface area contributed by atoms with Crippen LogP contribution in [0.15, 0.2) is 47.5 Å². The molecule has 17 heavy (non-hydrogen) atoms. The summed E-state index contributed by atoms with van der Waals surface area (Å²) >= 11 is 0. The highest BCUT2D eigenvalue weighted by Gasteiger charge is 2.10. The molecule has 84 valence electrons.